The van der Waals surface area contributed by atoms with Gasteiger partial charge in [-0.1, -0.05) is 5.21 Å². The first kappa shape index (κ1) is 24.1. The average Bonchev–Trinajstić information content (AvgIpc) is 3.15. The van der Waals surface area contributed by atoms with Gasteiger partial charge in [0.05, 0.1) is 18.3 Å². The number of rotatable bonds is 8. The minimum Gasteiger partial charge on any atom is -0.382 e. The molecule has 33 heavy (non-hydrogen) atoms. The molecule has 2 heterocycles. The SMILES string of the molecule is COCC(C)(C)NC(=O)Cn1cc(-c2cc(C)cc(Nc3nccc(C(F)(F)F)n3)c2)nn1. The van der Waals surface area contributed by atoms with Crippen LogP contribution in [-0.2, 0) is 22.3 Å². The first-order valence-corrected chi connectivity index (χ1v) is 9.94. The fraction of sp³-hybridized carbons (Fsp3) is 0.381. The lowest BCUT2D eigenvalue weighted by molar-refractivity contribution is -0.141. The Balaban J connectivity index is 1.75. The number of hydrogen-bond acceptors (Lipinski definition) is 7. The third kappa shape index (κ3) is 6.72. The minimum atomic E-state index is -4.57. The van der Waals surface area contributed by atoms with Gasteiger partial charge in [-0.2, -0.15) is 13.2 Å². The minimum absolute atomic E-state index is 0.0326. The Morgan fingerprint density at radius 1 is 1.21 bits per heavy atom. The lowest BCUT2D eigenvalue weighted by Gasteiger charge is -2.25. The van der Waals surface area contributed by atoms with E-state index in [0.29, 0.717) is 23.6 Å². The number of halogens is 3. The Kier molecular flexibility index (Phi) is 6.96. The highest BCUT2D eigenvalue weighted by Crippen LogP contribution is 2.29. The van der Waals surface area contributed by atoms with Crippen LogP contribution in [-0.4, -0.2) is 50.1 Å². The molecule has 0 bridgehead atoms. The molecule has 0 aliphatic rings. The maximum atomic E-state index is 12.9. The average molecular weight is 463 g/mol. The molecular formula is C21H24F3N7O2. The summed E-state index contributed by atoms with van der Waals surface area (Å²) >= 11 is 0. The molecule has 0 aliphatic heterocycles. The molecule has 2 aromatic heterocycles. The van der Waals surface area contributed by atoms with Crippen LogP contribution in [0.4, 0.5) is 24.8 Å². The van der Waals surface area contributed by atoms with E-state index in [9.17, 15) is 18.0 Å². The van der Waals surface area contributed by atoms with E-state index in [2.05, 4.69) is 30.9 Å². The third-order valence-electron chi connectivity index (χ3n) is 4.40. The number of anilines is 2. The van der Waals surface area contributed by atoms with Crippen LogP contribution < -0.4 is 10.6 Å². The summed E-state index contributed by atoms with van der Waals surface area (Å²) < 4.78 is 45.2. The number of benzene rings is 1. The largest absolute Gasteiger partial charge is 0.433 e. The van der Waals surface area contributed by atoms with E-state index < -0.39 is 17.4 Å². The number of aryl methyl sites for hydroxylation is 1. The van der Waals surface area contributed by atoms with Gasteiger partial charge in [0.2, 0.25) is 11.9 Å². The predicted molar refractivity (Wildman–Crippen MR) is 115 cm³/mol. The number of hydrogen-bond donors (Lipinski definition) is 2. The van der Waals surface area contributed by atoms with E-state index in [4.69, 9.17) is 4.74 Å². The van der Waals surface area contributed by atoms with Crippen molar-refractivity contribution < 1.29 is 22.7 Å². The quantitative estimate of drug-likeness (QED) is 0.528. The zero-order valence-corrected chi connectivity index (χ0v) is 18.6. The molecule has 1 aromatic carbocycles. The molecule has 0 spiro atoms. The van der Waals surface area contributed by atoms with Crippen LogP contribution in [0.3, 0.4) is 0 Å². The first-order chi connectivity index (χ1) is 15.4. The molecule has 3 rings (SSSR count). The summed E-state index contributed by atoms with van der Waals surface area (Å²) in [5.74, 6) is -0.429. The molecular weight excluding hydrogens is 439 g/mol. The molecule has 1 amide bonds. The van der Waals surface area contributed by atoms with Crippen LogP contribution in [0.15, 0.2) is 36.7 Å². The van der Waals surface area contributed by atoms with Crippen LogP contribution in [0.25, 0.3) is 11.3 Å². The molecule has 176 valence electrons. The van der Waals surface area contributed by atoms with E-state index in [1.807, 2.05) is 26.8 Å². The summed E-state index contributed by atoms with van der Waals surface area (Å²) in [5.41, 5.74) is 0.903. The number of aromatic nitrogens is 5. The van der Waals surface area contributed by atoms with Gasteiger partial charge >= 0.3 is 6.18 Å². The topological polar surface area (TPSA) is 107 Å². The summed E-state index contributed by atoms with van der Waals surface area (Å²) in [4.78, 5) is 19.7. The monoisotopic (exact) mass is 463 g/mol. The van der Waals surface area contributed by atoms with Crippen molar-refractivity contribution in [3.8, 4) is 11.3 Å². The van der Waals surface area contributed by atoms with Crippen LogP contribution in [0.5, 0.6) is 0 Å². The maximum absolute atomic E-state index is 12.9. The van der Waals surface area contributed by atoms with Crippen molar-refractivity contribution in [2.24, 2.45) is 0 Å². The fourth-order valence-electron chi connectivity index (χ4n) is 3.18. The van der Waals surface area contributed by atoms with E-state index in [-0.39, 0.29) is 18.4 Å². The number of nitrogens with one attached hydrogen (secondary N) is 2. The fourth-order valence-corrected chi connectivity index (χ4v) is 3.18. The van der Waals surface area contributed by atoms with Crippen LogP contribution in [0, 0.1) is 6.92 Å². The molecule has 0 radical (unpaired) electrons. The van der Waals surface area contributed by atoms with Gasteiger partial charge in [-0.05, 0) is 50.6 Å². The molecule has 9 nitrogen and oxygen atoms in total. The molecule has 2 N–H and O–H groups in total. The molecule has 0 unspecified atom stereocenters. The highest BCUT2D eigenvalue weighted by Gasteiger charge is 2.32. The Labute approximate surface area is 188 Å². The number of carbonyl (C=O) groups is 1. The summed E-state index contributed by atoms with van der Waals surface area (Å²) in [5, 5.41) is 13.8. The number of nitrogens with zero attached hydrogens (tertiary/aromatic N) is 5. The van der Waals surface area contributed by atoms with Crippen molar-refractivity contribution in [3.05, 3.63) is 47.9 Å². The van der Waals surface area contributed by atoms with E-state index in [1.54, 1.807) is 25.4 Å². The summed E-state index contributed by atoms with van der Waals surface area (Å²) in [7, 11) is 1.56. The van der Waals surface area contributed by atoms with E-state index >= 15 is 0 Å². The highest BCUT2D eigenvalue weighted by molar-refractivity contribution is 5.76. The van der Waals surface area contributed by atoms with Crippen molar-refractivity contribution >= 4 is 17.5 Å². The van der Waals surface area contributed by atoms with Crippen LogP contribution in [0.2, 0.25) is 0 Å². The Bertz CT molecular complexity index is 1130. The van der Waals surface area contributed by atoms with Gasteiger partial charge in [-0.15, -0.1) is 5.10 Å². The molecule has 0 saturated heterocycles. The first-order valence-electron chi connectivity index (χ1n) is 9.94. The number of alkyl halides is 3. The van der Waals surface area contributed by atoms with Gasteiger partial charge in [0.15, 0.2) is 0 Å². The van der Waals surface area contributed by atoms with Gasteiger partial charge in [0.25, 0.3) is 0 Å². The normalized spacial score (nSPS) is 12.0. The predicted octanol–water partition coefficient (Wildman–Crippen LogP) is 3.35. The number of carbonyl (C=O) groups excluding carboxylic acids is 1. The molecule has 0 saturated carbocycles. The van der Waals surface area contributed by atoms with Crippen molar-refractivity contribution in [1.29, 1.82) is 0 Å². The smallest absolute Gasteiger partial charge is 0.382 e. The number of amides is 1. The highest BCUT2D eigenvalue weighted by atomic mass is 19.4. The van der Waals surface area contributed by atoms with Gasteiger partial charge in [0, 0.05) is 24.6 Å². The summed E-state index contributed by atoms with van der Waals surface area (Å²) in [6, 6.07) is 6.07. The second kappa shape index (κ2) is 9.53. The van der Waals surface area contributed by atoms with Crippen molar-refractivity contribution in [2.45, 2.75) is 39.0 Å². The summed E-state index contributed by atoms with van der Waals surface area (Å²) in [6.45, 7) is 5.84. The summed E-state index contributed by atoms with van der Waals surface area (Å²) in [6.07, 6.45) is -1.91. The second-order valence-corrected chi connectivity index (χ2v) is 8.14. The van der Waals surface area contributed by atoms with Crippen molar-refractivity contribution in [3.63, 3.8) is 0 Å². The molecule has 3 aromatic rings. The second-order valence-electron chi connectivity index (χ2n) is 8.14. The number of methoxy groups -OCH3 is 1. The van der Waals surface area contributed by atoms with E-state index in [0.717, 1.165) is 17.8 Å². The number of ether oxygens (including phenoxy) is 1. The molecule has 0 fully saturated rings. The zero-order chi connectivity index (χ0) is 24.2. The Hall–Kier alpha value is -3.54. The van der Waals surface area contributed by atoms with Gasteiger partial charge in [-0.3, -0.25) is 4.79 Å². The molecule has 0 atom stereocenters. The molecule has 12 heteroatoms. The molecule has 0 aliphatic carbocycles. The maximum Gasteiger partial charge on any atom is 0.433 e. The van der Waals surface area contributed by atoms with E-state index in [1.165, 1.54) is 4.68 Å². The van der Waals surface area contributed by atoms with Gasteiger partial charge in [-0.25, -0.2) is 14.6 Å². The van der Waals surface area contributed by atoms with Crippen LogP contribution >= 0.6 is 0 Å². The Morgan fingerprint density at radius 2 is 1.97 bits per heavy atom. The van der Waals surface area contributed by atoms with Gasteiger partial charge in [0.1, 0.15) is 17.9 Å². The lowest BCUT2D eigenvalue weighted by atomic mass is 10.1. The van der Waals surface area contributed by atoms with Crippen LogP contribution in [0.1, 0.15) is 25.1 Å². The van der Waals surface area contributed by atoms with Gasteiger partial charge < -0.3 is 15.4 Å². The lowest BCUT2D eigenvalue weighted by Crippen LogP contribution is -2.48. The Morgan fingerprint density at radius 3 is 2.67 bits per heavy atom. The van der Waals surface area contributed by atoms with Crippen molar-refractivity contribution in [2.75, 3.05) is 19.0 Å². The standard InChI is InChI=1S/C21H24F3N7O2/c1-13-7-14(9-15(8-13)26-19-25-6-5-17(27-19)21(22,23)24)16-10-31(30-29-16)11-18(32)28-20(2,3)12-33-4/h5-10H,11-12H2,1-4H3,(H,28,32)(H,25,26,27). The zero-order valence-electron chi connectivity index (χ0n) is 18.6. The third-order valence-corrected chi connectivity index (χ3v) is 4.40. The van der Waals surface area contributed by atoms with Crippen molar-refractivity contribution in [1.82, 2.24) is 30.3 Å².